The molecule has 0 aliphatic rings. The first kappa shape index (κ1) is 11.4. The van der Waals surface area contributed by atoms with Gasteiger partial charge in [-0.2, -0.15) is 0 Å². The second-order valence-electron chi connectivity index (χ2n) is 4.23. The van der Waals surface area contributed by atoms with E-state index in [4.69, 9.17) is 11.6 Å². The zero-order valence-electron chi connectivity index (χ0n) is 9.79. The van der Waals surface area contributed by atoms with Crippen molar-refractivity contribution >= 4 is 22.6 Å². The number of halogens is 1. The number of hydrogen-bond acceptors (Lipinski definition) is 2. The summed E-state index contributed by atoms with van der Waals surface area (Å²) in [5.41, 5.74) is 3.30. The molecule has 16 heavy (non-hydrogen) atoms. The second kappa shape index (κ2) is 4.44. The monoisotopic (exact) mass is 237 g/mol. The zero-order valence-corrected chi connectivity index (χ0v) is 10.5. The van der Waals surface area contributed by atoms with E-state index in [1.165, 1.54) is 5.56 Å². The first-order valence-corrected chi connectivity index (χ1v) is 5.84. The van der Waals surface area contributed by atoms with Crippen LogP contribution in [0.4, 0.5) is 0 Å². The number of aryl methyl sites for hydroxylation is 1. The Hall–Kier alpha value is -1.06. The lowest BCUT2D eigenvalue weighted by Crippen LogP contribution is -2.21. The molecule has 2 aromatic rings. The Balaban J connectivity index is 2.44. The zero-order chi connectivity index (χ0) is 11.7. The molecular formula is C12H16ClN3. The molecule has 0 saturated heterocycles. The van der Waals surface area contributed by atoms with Gasteiger partial charge in [0.1, 0.15) is 5.82 Å². The topological polar surface area (TPSA) is 31.9 Å². The maximum absolute atomic E-state index is 5.99. The number of aromatic amines is 1. The third kappa shape index (κ3) is 2.06. The predicted molar refractivity (Wildman–Crippen MR) is 68.0 cm³/mol. The summed E-state index contributed by atoms with van der Waals surface area (Å²) in [6, 6.07) is 6.50. The molecule has 0 bridgehead atoms. The summed E-state index contributed by atoms with van der Waals surface area (Å²) in [6.07, 6.45) is 0. The van der Waals surface area contributed by atoms with Crippen molar-refractivity contribution < 1.29 is 0 Å². The summed E-state index contributed by atoms with van der Waals surface area (Å²) in [5.74, 6) is 1.53. The van der Waals surface area contributed by atoms with Crippen LogP contribution in [-0.2, 0) is 0 Å². The molecule has 1 N–H and O–H groups in total. The summed E-state index contributed by atoms with van der Waals surface area (Å²) < 4.78 is 0. The summed E-state index contributed by atoms with van der Waals surface area (Å²) >= 11 is 5.99. The molecule has 1 aromatic carbocycles. The van der Waals surface area contributed by atoms with Crippen molar-refractivity contribution in [3.05, 3.63) is 29.6 Å². The minimum atomic E-state index is 0.245. The van der Waals surface area contributed by atoms with Crippen LogP contribution in [0.2, 0.25) is 0 Å². The van der Waals surface area contributed by atoms with Crippen LogP contribution in [0.15, 0.2) is 18.2 Å². The molecule has 1 atom stereocenters. The van der Waals surface area contributed by atoms with E-state index in [0.29, 0.717) is 5.88 Å². The molecule has 0 aliphatic heterocycles. The number of nitrogens with zero attached hydrogens (tertiary/aromatic N) is 2. The largest absolute Gasteiger partial charge is 0.342 e. The van der Waals surface area contributed by atoms with Gasteiger partial charge in [-0.05, 0) is 38.7 Å². The van der Waals surface area contributed by atoms with Gasteiger partial charge in [-0.1, -0.05) is 6.07 Å². The van der Waals surface area contributed by atoms with Crippen LogP contribution in [0.25, 0.3) is 11.0 Å². The quantitative estimate of drug-likeness (QED) is 0.833. The van der Waals surface area contributed by atoms with Crippen molar-refractivity contribution in [1.29, 1.82) is 0 Å². The number of imidazole rings is 1. The van der Waals surface area contributed by atoms with Gasteiger partial charge in [-0.15, -0.1) is 11.6 Å². The van der Waals surface area contributed by atoms with Gasteiger partial charge in [0.2, 0.25) is 0 Å². The van der Waals surface area contributed by atoms with Crippen LogP contribution in [0.5, 0.6) is 0 Å². The number of aromatic nitrogens is 2. The maximum Gasteiger partial charge on any atom is 0.104 e. The first-order valence-electron chi connectivity index (χ1n) is 5.30. The van der Waals surface area contributed by atoms with Gasteiger partial charge in [-0.3, -0.25) is 0 Å². The Morgan fingerprint density at radius 3 is 2.81 bits per heavy atom. The second-order valence-corrected chi connectivity index (χ2v) is 4.54. The Morgan fingerprint density at radius 1 is 1.44 bits per heavy atom. The number of fused-ring (bicyclic) bond motifs is 1. The van der Waals surface area contributed by atoms with Crippen LogP contribution in [0.1, 0.15) is 17.4 Å². The van der Waals surface area contributed by atoms with Gasteiger partial charge in [0, 0.05) is 11.9 Å². The van der Waals surface area contributed by atoms with Crippen molar-refractivity contribution in [3.63, 3.8) is 0 Å². The highest BCUT2D eigenvalue weighted by atomic mass is 35.5. The first-order chi connectivity index (χ1) is 7.61. The number of alkyl halides is 1. The number of H-pyrrole nitrogens is 1. The lowest BCUT2D eigenvalue weighted by molar-refractivity contribution is 0.325. The molecule has 1 heterocycles. The third-order valence-electron chi connectivity index (χ3n) is 2.78. The molecule has 0 spiro atoms. The van der Waals surface area contributed by atoms with Gasteiger partial charge < -0.3 is 9.88 Å². The third-order valence-corrected chi connectivity index (χ3v) is 3.07. The van der Waals surface area contributed by atoms with E-state index < -0.39 is 0 Å². The molecule has 3 nitrogen and oxygen atoms in total. The van der Waals surface area contributed by atoms with Crippen LogP contribution >= 0.6 is 11.6 Å². The Bertz CT molecular complexity index is 490. The summed E-state index contributed by atoms with van der Waals surface area (Å²) in [5, 5.41) is 0. The van der Waals surface area contributed by atoms with Gasteiger partial charge in [0.15, 0.2) is 0 Å². The van der Waals surface area contributed by atoms with E-state index in [-0.39, 0.29) is 6.04 Å². The molecule has 0 radical (unpaired) electrons. The van der Waals surface area contributed by atoms with Crippen molar-refractivity contribution in [3.8, 4) is 0 Å². The number of rotatable bonds is 3. The number of nitrogens with one attached hydrogen (secondary N) is 1. The number of benzene rings is 1. The molecule has 2 rings (SSSR count). The normalized spacial score (nSPS) is 13.6. The van der Waals surface area contributed by atoms with E-state index in [9.17, 15) is 0 Å². The van der Waals surface area contributed by atoms with Crippen LogP contribution < -0.4 is 0 Å². The predicted octanol–water partition coefficient (Wildman–Crippen LogP) is 2.71. The number of hydrogen-bond donors (Lipinski definition) is 1. The Labute approximate surface area is 100 Å². The fraction of sp³-hybridized carbons (Fsp3) is 0.417. The van der Waals surface area contributed by atoms with Gasteiger partial charge in [0.05, 0.1) is 11.0 Å². The fourth-order valence-electron chi connectivity index (χ4n) is 1.89. The van der Waals surface area contributed by atoms with Gasteiger partial charge in [-0.25, -0.2) is 4.98 Å². The molecule has 4 heteroatoms. The highest BCUT2D eigenvalue weighted by Gasteiger charge is 2.13. The SMILES string of the molecule is Cc1nc2ccc(C(CCl)N(C)C)cc2[nH]1. The molecular weight excluding hydrogens is 222 g/mol. The Kier molecular flexibility index (Phi) is 3.17. The summed E-state index contributed by atoms with van der Waals surface area (Å²) in [4.78, 5) is 9.75. The molecule has 0 amide bonds. The van der Waals surface area contributed by atoms with Crippen LogP contribution in [0.3, 0.4) is 0 Å². The van der Waals surface area contributed by atoms with E-state index in [1.54, 1.807) is 0 Å². The average molecular weight is 238 g/mol. The Morgan fingerprint density at radius 2 is 2.19 bits per heavy atom. The minimum absolute atomic E-state index is 0.245. The highest BCUT2D eigenvalue weighted by molar-refractivity contribution is 6.18. The van der Waals surface area contributed by atoms with E-state index >= 15 is 0 Å². The minimum Gasteiger partial charge on any atom is -0.342 e. The maximum atomic E-state index is 5.99. The highest BCUT2D eigenvalue weighted by Crippen LogP contribution is 2.23. The summed E-state index contributed by atoms with van der Waals surface area (Å²) in [7, 11) is 4.07. The fourth-order valence-corrected chi connectivity index (χ4v) is 2.34. The molecule has 1 aromatic heterocycles. The smallest absolute Gasteiger partial charge is 0.104 e. The molecule has 0 saturated carbocycles. The lowest BCUT2D eigenvalue weighted by atomic mass is 10.1. The van der Waals surface area contributed by atoms with Gasteiger partial charge >= 0.3 is 0 Å². The van der Waals surface area contributed by atoms with E-state index in [1.807, 2.05) is 27.1 Å². The van der Waals surface area contributed by atoms with Crippen molar-refractivity contribution in [2.24, 2.45) is 0 Å². The molecule has 1 unspecified atom stereocenters. The van der Waals surface area contributed by atoms with E-state index in [2.05, 4.69) is 27.0 Å². The van der Waals surface area contributed by atoms with Gasteiger partial charge in [0.25, 0.3) is 0 Å². The summed E-state index contributed by atoms with van der Waals surface area (Å²) in [6.45, 7) is 1.96. The van der Waals surface area contributed by atoms with Crippen molar-refractivity contribution in [2.75, 3.05) is 20.0 Å². The lowest BCUT2D eigenvalue weighted by Gasteiger charge is -2.22. The standard InChI is InChI=1S/C12H16ClN3/c1-8-14-10-5-4-9(6-11(10)15-8)12(7-13)16(2)3/h4-6,12H,7H2,1-3H3,(H,14,15). The average Bonchev–Trinajstić information content (AvgIpc) is 2.57. The molecule has 86 valence electrons. The van der Waals surface area contributed by atoms with Crippen LogP contribution in [-0.4, -0.2) is 34.8 Å². The van der Waals surface area contributed by atoms with E-state index in [0.717, 1.165) is 16.9 Å². The molecule has 0 aliphatic carbocycles. The molecule has 0 fully saturated rings. The van der Waals surface area contributed by atoms with Crippen LogP contribution in [0, 0.1) is 6.92 Å². The van der Waals surface area contributed by atoms with Crippen molar-refractivity contribution in [2.45, 2.75) is 13.0 Å². The van der Waals surface area contributed by atoms with Crippen molar-refractivity contribution in [1.82, 2.24) is 14.9 Å².